The predicted molar refractivity (Wildman–Crippen MR) is 349 cm³/mol. The maximum absolute atomic E-state index is 7.34. The summed E-state index contributed by atoms with van der Waals surface area (Å²) in [5.74, 6) is 0. The molecule has 5 heteroatoms. The molecule has 0 bridgehead atoms. The maximum atomic E-state index is 7.34. The van der Waals surface area contributed by atoms with E-state index in [2.05, 4.69) is 330 Å². The number of benzene rings is 13. The van der Waals surface area contributed by atoms with E-state index in [0.717, 1.165) is 101 Å². The van der Waals surface area contributed by atoms with E-state index in [1.54, 1.807) is 0 Å². The third kappa shape index (κ3) is 8.32. The molecule has 0 fully saturated rings. The van der Waals surface area contributed by atoms with Crippen LogP contribution in [0.15, 0.2) is 320 Å². The molecular formula is C78H52BN3O. The Kier molecular flexibility index (Phi) is 11.6. The first-order valence-corrected chi connectivity index (χ1v) is 28.5. The molecule has 0 aliphatic carbocycles. The van der Waals surface area contributed by atoms with Gasteiger partial charge in [0.2, 0.25) is 0 Å². The second kappa shape index (κ2) is 20.0. The molecule has 0 radical (unpaired) electrons. The van der Waals surface area contributed by atoms with Gasteiger partial charge in [0.15, 0.2) is 5.58 Å². The van der Waals surface area contributed by atoms with Crippen LogP contribution < -0.4 is 25.5 Å². The van der Waals surface area contributed by atoms with Crippen molar-refractivity contribution in [3.8, 4) is 66.8 Å². The van der Waals surface area contributed by atoms with E-state index >= 15 is 0 Å². The van der Waals surface area contributed by atoms with Crippen molar-refractivity contribution in [2.24, 2.45) is 0 Å². The van der Waals surface area contributed by atoms with E-state index in [4.69, 9.17) is 4.42 Å². The van der Waals surface area contributed by atoms with Crippen LogP contribution in [0.4, 0.5) is 45.5 Å². The zero-order valence-electron chi connectivity index (χ0n) is 45.3. The van der Waals surface area contributed by atoms with E-state index in [0.29, 0.717) is 0 Å². The highest BCUT2D eigenvalue weighted by molar-refractivity contribution is 6.94. The molecule has 0 saturated heterocycles. The van der Waals surface area contributed by atoms with Crippen molar-refractivity contribution >= 4 is 85.2 Å². The van der Waals surface area contributed by atoms with Crippen LogP contribution in [0.25, 0.3) is 88.7 Å². The SMILES string of the molecule is c1ccc(-c2ccc(N(c3ccc(-c4ccccc4)cc3)c3ccc4c(c3)N(c3cccc(-c5ccccc5)c3)c3c5c(cc6c3oc3ccccc36)-c3cc(-c6ccccc6)ccc3N(c3cccc(-c6ccccc6)c3)B45)cc2)cc1. The Morgan fingerprint density at radius 2 is 0.747 bits per heavy atom. The van der Waals surface area contributed by atoms with Gasteiger partial charge < -0.3 is 19.0 Å². The summed E-state index contributed by atoms with van der Waals surface area (Å²) >= 11 is 0. The Bertz CT molecular complexity index is 4640. The number of hydrogen-bond acceptors (Lipinski definition) is 4. The van der Waals surface area contributed by atoms with Crippen LogP contribution in [0.5, 0.6) is 0 Å². The summed E-state index contributed by atoms with van der Waals surface area (Å²) in [6, 6.07) is 115. The summed E-state index contributed by atoms with van der Waals surface area (Å²) in [4.78, 5) is 7.54. The average molecular weight is 1060 g/mol. The van der Waals surface area contributed by atoms with E-state index in [1.807, 2.05) is 0 Å². The number of nitrogens with zero attached hydrogens (tertiary/aromatic N) is 3. The molecule has 13 aromatic carbocycles. The number of fused-ring (bicyclic) bond motifs is 8. The first-order chi connectivity index (χ1) is 41.2. The molecule has 0 unspecified atom stereocenters. The van der Waals surface area contributed by atoms with Gasteiger partial charge in [-0.1, -0.05) is 231 Å². The van der Waals surface area contributed by atoms with Gasteiger partial charge in [-0.05, 0) is 157 Å². The quantitative estimate of drug-likeness (QED) is 0.127. The van der Waals surface area contributed by atoms with Crippen LogP contribution in [0.2, 0.25) is 0 Å². The van der Waals surface area contributed by atoms with Crippen molar-refractivity contribution in [3.63, 3.8) is 0 Å². The molecule has 2 aliphatic heterocycles. The molecule has 388 valence electrons. The molecule has 14 aromatic rings. The third-order valence-electron chi connectivity index (χ3n) is 16.8. The zero-order valence-corrected chi connectivity index (χ0v) is 45.3. The van der Waals surface area contributed by atoms with Crippen molar-refractivity contribution < 1.29 is 4.42 Å². The second-order valence-corrected chi connectivity index (χ2v) is 21.6. The van der Waals surface area contributed by atoms with Gasteiger partial charge in [-0.15, -0.1) is 0 Å². The fourth-order valence-electron chi connectivity index (χ4n) is 12.9. The number of furan rings is 1. The number of anilines is 8. The lowest BCUT2D eigenvalue weighted by atomic mass is 9.43. The Labute approximate surface area is 483 Å². The lowest BCUT2D eigenvalue weighted by Gasteiger charge is -2.46. The van der Waals surface area contributed by atoms with Crippen LogP contribution in [0, 0.1) is 0 Å². The summed E-state index contributed by atoms with van der Waals surface area (Å²) in [6.07, 6.45) is 0. The molecule has 0 amide bonds. The Morgan fingerprint density at radius 1 is 0.301 bits per heavy atom. The highest BCUT2D eigenvalue weighted by Crippen LogP contribution is 2.53. The molecule has 0 spiro atoms. The maximum Gasteiger partial charge on any atom is 0.333 e. The predicted octanol–water partition coefficient (Wildman–Crippen LogP) is 20.1. The van der Waals surface area contributed by atoms with Crippen LogP contribution in [0.1, 0.15) is 0 Å². The highest BCUT2D eigenvalue weighted by atomic mass is 16.3. The van der Waals surface area contributed by atoms with Gasteiger partial charge >= 0.3 is 6.85 Å². The van der Waals surface area contributed by atoms with Gasteiger partial charge in [0, 0.05) is 56.1 Å². The molecule has 3 heterocycles. The molecule has 83 heavy (non-hydrogen) atoms. The van der Waals surface area contributed by atoms with Crippen LogP contribution in [-0.4, -0.2) is 6.85 Å². The Balaban J connectivity index is 0.993. The lowest BCUT2D eigenvalue weighted by Crippen LogP contribution is -2.61. The summed E-state index contributed by atoms with van der Waals surface area (Å²) in [5, 5.41) is 2.16. The smallest absolute Gasteiger partial charge is 0.333 e. The van der Waals surface area contributed by atoms with E-state index in [9.17, 15) is 0 Å². The normalized spacial score (nSPS) is 12.3. The van der Waals surface area contributed by atoms with Gasteiger partial charge in [0.05, 0.1) is 5.69 Å². The summed E-state index contributed by atoms with van der Waals surface area (Å²) in [6.45, 7) is -0.292. The van der Waals surface area contributed by atoms with Crippen LogP contribution in [-0.2, 0) is 0 Å². The summed E-state index contributed by atoms with van der Waals surface area (Å²) < 4.78 is 7.34. The summed E-state index contributed by atoms with van der Waals surface area (Å²) in [7, 11) is 0. The second-order valence-electron chi connectivity index (χ2n) is 21.6. The first kappa shape index (κ1) is 48.1. The minimum atomic E-state index is -0.292. The number of rotatable bonds is 10. The Morgan fingerprint density at radius 3 is 1.31 bits per heavy atom. The highest BCUT2D eigenvalue weighted by Gasteiger charge is 2.47. The molecule has 0 N–H and O–H groups in total. The minimum absolute atomic E-state index is 0.292. The molecule has 16 rings (SSSR count). The van der Waals surface area contributed by atoms with Gasteiger partial charge in [-0.2, -0.15) is 0 Å². The average Bonchev–Trinajstić information content (AvgIpc) is 1.89. The van der Waals surface area contributed by atoms with Crippen molar-refractivity contribution in [3.05, 3.63) is 315 Å². The lowest BCUT2D eigenvalue weighted by molar-refractivity contribution is 0.669. The topological polar surface area (TPSA) is 22.9 Å². The molecule has 0 saturated carbocycles. The van der Waals surface area contributed by atoms with Crippen molar-refractivity contribution in [1.29, 1.82) is 0 Å². The minimum Gasteiger partial charge on any atom is -0.454 e. The van der Waals surface area contributed by atoms with Crippen molar-refractivity contribution in [1.82, 2.24) is 0 Å². The van der Waals surface area contributed by atoms with E-state index < -0.39 is 0 Å². The van der Waals surface area contributed by atoms with Gasteiger partial charge in [-0.3, -0.25) is 0 Å². The van der Waals surface area contributed by atoms with Crippen molar-refractivity contribution in [2.75, 3.05) is 14.6 Å². The Hall–Kier alpha value is -10.9. The molecule has 4 nitrogen and oxygen atoms in total. The number of hydrogen-bond donors (Lipinski definition) is 0. The molecule has 1 aromatic heterocycles. The fraction of sp³-hybridized carbons (Fsp3) is 0. The van der Waals surface area contributed by atoms with Crippen LogP contribution in [0.3, 0.4) is 0 Å². The zero-order chi connectivity index (χ0) is 54.8. The van der Waals surface area contributed by atoms with E-state index in [1.165, 1.54) is 44.3 Å². The molecular weight excluding hydrogens is 1010 g/mol. The van der Waals surface area contributed by atoms with Crippen molar-refractivity contribution in [2.45, 2.75) is 0 Å². The van der Waals surface area contributed by atoms with Gasteiger partial charge in [-0.25, -0.2) is 0 Å². The van der Waals surface area contributed by atoms with Crippen LogP contribution >= 0.6 is 0 Å². The fourth-order valence-corrected chi connectivity index (χ4v) is 12.9. The largest absolute Gasteiger partial charge is 0.454 e. The van der Waals surface area contributed by atoms with Gasteiger partial charge in [0.1, 0.15) is 5.58 Å². The third-order valence-corrected chi connectivity index (χ3v) is 16.8. The molecule has 0 atom stereocenters. The van der Waals surface area contributed by atoms with E-state index in [-0.39, 0.29) is 6.85 Å². The standard InChI is InChI=1S/C78H52BN3O/c1-6-20-53(21-7-1)58-36-41-63(42-37-58)80(64-43-38-59(39-44-64)54-22-8-2-9-23-54)66-45-46-72-74(51-66)81(65-32-18-30-60(48-65)55-24-10-3-11-25-55)77-76-70(52-71-68-34-16-17-35-75(68)83-78(71)77)69-50-62(57-28-14-5-15-29-57)40-47-73(69)82(79(72)76)67-33-19-31-61(49-67)56-26-12-4-13-27-56/h1-52H. The molecule has 2 aliphatic rings. The first-order valence-electron chi connectivity index (χ1n) is 28.5. The monoisotopic (exact) mass is 1060 g/mol. The number of para-hydroxylation sites is 1. The van der Waals surface area contributed by atoms with Gasteiger partial charge in [0.25, 0.3) is 0 Å². The summed E-state index contributed by atoms with van der Waals surface area (Å²) in [5.41, 5.74) is 26.5.